The van der Waals surface area contributed by atoms with Crippen LogP contribution in [0, 0.1) is 0 Å². The van der Waals surface area contributed by atoms with Crippen LogP contribution in [0.5, 0.6) is 0 Å². The van der Waals surface area contributed by atoms with E-state index in [0.717, 1.165) is 23.5 Å². The van der Waals surface area contributed by atoms with Crippen LogP contribution in [0.3, 0.4) is 0 Å². The minimum atomic E-state index is -0.955. The number of carbonyl (C=O) groups excluding carboxylic acids is 1. The lowest BCUT2D eigenvalue weighted by Crippen LogP contribution is -2.45. The highest BCUT2D eigenvalue weighted by atomic mass is 32.1. The number of hydrogen-bond donors (Lipinski definition) is 1. The van der Waals surface area contributed by atoms with Gasteiger partial charge in [-0.15, -0.1) is 11.3 Å². The van der Waals surface area contributed by atoms with Crippen LogP contribution in [0.2, 0.25) is 0 Å². The smallest absolute Gasteiger partial charge is 0.326 e. The third-order valence-electron chi connectivity index (χ3n) is 3.53. The fraction of sp³-hybridized carbons (Fsp3) is 0.667. The number of amides is 1. The summed E-state index contributed by atoms with van der Waals surface area (Å²) >= 11 is 1.55. The number of nitrogens with zero attached hydrogens (tertiary/aromatic N) is 2. The first-order chi connectivity index (χ1) is 9.70. The van der Waals surface area contributed by atoms with Crippen molar-refractivity contribution in [2.24, 2.45) is 0 Å². The molecule has 0 bridgehead atoms. The molecular formula is C15H22N2O3S. The average molecular weight is 310 g/mol. The number of aromatic nitrogens is 1. The van der Waals surface area contributed by atoms with E-state index in [9.17, 15) is 9.59 Å². The maximum Gasteiger partial charge on any atom is 0.326 e. The summed E-state index contributed by atoms with van der Waals surface area (Å²) in [6, 6.07) is -0.685. The molecule has 6 heteroatoms. The Morgan fingerprint density at radius 3 is 2.52 bits per heavy atom. The van der Waals surface area contributed by atoms with Gasteiger partial charge in [0.05, 0.1) is 17.1 Å². The molecule has 2 rings (SSSR count). The summed E-state index contributed by atoms with van der Waals surface area (Å²) in [4.78, 5) is 29.6. The zero-order valence-electron chi connectivity index (χ0n) is 12.9. The summed E-state index contributed by atoms with van der Waals surface area (Å²) in [5.74, 6) is -1.10. The van der Waals surface area contributed by atoms with Crippen molar-refractivity contribution in [3.05, 3.63) is 16.1 Å². The van der Waals surface area contributed by atoms with E-state index in [0.29, 0.717) is 0 Å². The van der Waals surface area contributed by atoms with Crippen molar-refractivity contribution < 1.29 is 14.7 Å². The molecule has 5 nitrogen and oxygen atoms in total. The van der Waals surface area contributed by atoms with Crippen LogP contribution < -0.4 is 0 Å². The van der Waals surface area contributed by atoms with E-state index < -0.39 is 12.0 Å². The lowest BCUT2D eigenvalue weighted by molar-refractivity contribution is -0.149. The third-order valence-corrected chi connectivity index (χ3v) is 4.85. The standard InChI is InChI=1S/C15H22N2O3S/c1-9(13(19)20)17(11-5-6-11)12(18)7-10-8-21-14(16-10)15(2,3)4/h8-9,11H,5-7H2,1-4H3,(H,19,20). The topological polar surface area (TPSA) is 70.5 Å². The van der Waals surface area contributed by atoms with E-state index in [4.69, 9.17) is 5.11 Å². The van der Waals surface area contributed by atoms with Crippen LogP contribution in [0.15, 0.2) is 5.38 Å². The Hall–Kier alpha value is -1.43. The van der Waals surface area contributed by atoms with Crippen LogP contribution in [0.1, 0.15) is 51.2 Å². The highest BCUT2D eigenvalue weighted by Gasteiger charge is 2.38. The first-order valence-corrected chi connectivity index (χ1v) is 8.07. The van der Waals surface area contributed by atoms with Gasteiger partial charge in [0.1, 0.15) is 6.04 Å². The van der Waals surface area contributed by atoms with Crippen LogP contribution >= 0.6 is 11.3 Å². The van der Waals surface area contributed by atoms with Crippen LogP contribution in [-0.4, -0.2) is 39.0 Å². The van der Waals surface area contributed by atoms with Gasteiger partial charge in [0, 0.05) is 16.8 Å². The number of thiazole rings is 1. The highest BCUT2D eigenvalue weighted by molar-refractivity contribution is 7.09. The van der Waals surface area contributed by atoms with Crippen molar-refractivity contribution in [1.82, 2.24) is 9.88 Å². The fourth-order valence-corrected chi connectivity index (χ4v) is 3.09. The maximum atomic E-state index is 12.4. The number of aliphatic carboxylic acids is 1. The van der Waals surface area contributed by atoms with Gasteiger partial charge in [-0.05, 0) is 19.8 Å². The molecule has 0 aliphatic heterocycles. The third kappa shape index (κ3) is 3.81. The number of carboxylic acids is 1. The monoisotopic (exact) mass is 310 g/mol. The van der Waals surface area contributed by atoms with Gasteiger partial charge < -0.3 is 10.0 Å². The molecule has 1 heterocycles. The van der Waals surface area contributed by atoms with Gasteiger partial charge in [-0.3, -0.25) is 4.79 Å². The minimum Gasteiger partial charge on any atom is -0.480 e. The Morgan fingerprint density at radius 2 is 2.10 bits per heavy atom. The van der Waals surface area contributed by atoms with Crippen LogP contribution in [-0.2, 0) is 21.4 Å². The lowest BCUT2D eigenvalue weighted by atomic mass is 9.98. The van der Waals surface area contributed by atoms with Crippen molar-refractivity contribution in [3.63, 3.8) is 0 Å². The molecule has 0 spiro atoms. The molecule has 1 N–H and O–H groups in total. The van der Waals surface area contributed by atoms with Gasteiger partial charge in [0.15, 0.2) is 0 Å². The first-order valence-electron chi connectivity index (χ1n) is 7.19. The second-order valence-corrected chi connectivity index (χ2v) is 7.48. The molecular weight excluding hydrogens is 288 g/mol. The minimum absolute atomic E-state index is 0.0313. The molecule has 1 unspecified atom stereocenters. The molecule has 1 atom stereocenters. The number of carbonyl (C=O) groups is 2. The normalized spacial score (nSPS) is 16.6. The zero-order valence-corrected chi connectivity index (χ0v) is 13.7. The zero-order chi connectivity index (χ0) is 15.8. The average Bonchev–Trinajstić information content (AvgIpc) is 3.06. The molecule has 116 valence electrons. The Kier molecular flexibility index (Phi) is 4.37. The second kappa shape index (κ2) is 5.75. The van der Waals surface area contributed by atoms with E-state index >= 15 is 0 Å². The fourth-order valence-electron chi connectivity index (χ4n) is 2.19. The Morgan fingerprint density at radius 1 is 1.48 bits per heavy atom. The van der Waals surface area contributed by atoms with E-state index in [1.165, 1.54) is 4.90 Å². The summed E-state index contributed by atoms with van der Waals surface area (Å²) < 4.78 is 0. The largest absolute Gasteiger partial charge is 0.480 e. The van der Waals surface area contributed by atoms with Crippen molar-refractivity contribution in [2.75, 3.05) is 0 Å². The van der Waals surface area contributed by atoms with Crippen molar-refractivity contribution >= 4 is 23.2 Å². The number of rotatable bonds is 5. The summed E-state index contributed by atoms with van der Waals surface area (Å²) in [5, 5.41) is 12.0. The SMILES string of the molecule is CC(C(=O)O)N(C(=O)Cc1csc(C(C)(C)C)n1)C1CC1. The van der Waals surface area contributed by atoms with Crippen molar-refractivity contribution in [3.8, 4) is 0 Å². The molecule has 21 heavy (non-hydrogen) atoms. The molecule has 0 aromatic carbocycles. The first kappa shape index (κ1) is 15.9. The van der Waals surface area contributed by atoms with Gasteiger partial charge >= 0.3 is 5.97 Å². The summed E-state index contributed by atoms with van der Waals surface area (Å²) in [6.07, 6.45) is 1.97. The Balaban J connectivity index is 2.08. The lowest BCUT2D eigenvalue weighted by Gasteiger charge is -2.26. The van der Waals surface area contributed by atoms with Crippen molar-refractivity contribution in [2.45, 2.75) is 64.5 Å². The second-order valence-electron chi connectivity index (χ2n) is 6.62. The molecule has 1 aromatic rings. The molecule has 1 aromatic heterocycles. The maximum absolute atomic E-state index is 12.4. The van der Waals surface area contributed by atoms with E-state index in [-0.39, 0.29) is 23.8 Å². The molecule has 0 saturated heterocycles. The number of hydrogen-bond acceptors (Lipinski definition) is 4. The van der Waals surface area contributed by atoms with Gasteiger partial charge in [-0.2, -0.15) is 0 Å². The Labute approximate surface area is 129 Å². The van der Waals surface area contributed by atoms with Gasteiger partial charge in [0.25, 0.3) is 0 Å². The summed E-state index contributed by atoms with van der Waals surface area (Å²) in [5.41, 5.74) is 0.703. The molecule has 1 fully saturated rings. The predicted molar refractivity (Wildman–Crippen MR) is 81.5 cm³/mol. The van der Waals surface area contributed by atoms with Gasteiger partial charge in [0.2, 0.25) is 5.91 Å². The molecule has 1 aliphatic rings. The summed E-state index contributed by atoms with van der Waals surface area (Å²) in [6.45, 7) is 7.82. The number of carboxylic acid groups (broad SMARTS) is 1. The predicted octanol–water partition coefficient (Wildman–Crippen LogP) is 2.45. The molecule has 1 amide bonds. The molecule has 1 aliphatic carbocycles. The summed E-state index contributed by atoms with van der Waals surface area (Å²) in [7, 11) is 0. The van der Waals surface area contributed by atoms with E-state index in [1.807, 2.05) is 5.38 Å². The van der Waals surface area contributed by atoms with E-state index in [2.05, 4.69) is 25.8 Å². The molecule has 0 radical (unpaired) electrons. The van der Waals surface area contributed by atoms with Crippen molar-refractivity contribution in [1.29, 1.82) is 0 Å². The van der Waals surface area contributed by atoms with E-state index in [1.54, 1.807) is 18.3 Å². The Bertz CT molecular complexity index is 543. The van der Waals surface area contributed by atoms with Gasteiger partial charge in [-0.25, -0.2) is 9.78 Å². The van der Waals surface area contributed by atoms with Crippen LogP contribution in [0.4, 0.5) is 0 Å². The van der Waals surface area contributed by atoms with Crippen LogP contribution in [0.25, 0.3) is 0 Å². The quantitative estimate of drug-likeness (QED) is 0.907. The molecule has 1 saturated carbocycles. The highest BCUT2D eigenvalue weighted by Crippen LogP contribution is 2.30. The van der Waals surface area contributed by atoms with Gasteiger partial charge in [-0.1, -0.05) is 20.8 Å².